The van der Waals surface area contributed by atoms with E-state index in [2.05, 4.69) is 14.9 Å². The Labute approximate surface area is 233 Å². The van der Waals surface area contributed by atoms with Crippen LogP contribution in [0.1, 0.15) is 39.1 Å². The van der Waals surface area contributed by atoms with Crippen LogP contribution in [0, 0.1) is 0 Å². The van der Waals surface area contributed by atoms with E-state index in [-0.39, 0.29) is 28.7 Å². The summed E-state index contributed by atoms with van der Waals surface area (Å²) >= 11 is 0. The van der Waals surface area contributed by atoms with Crippen LogP contribution in [0.5, 0.6) is 5.75 Å². The van der Waals surface area contributed by atoms with Gasteiger partial charge in [0.05, 0.1) is 35.6 Å². The maximum Gasteiger partial charge on any atom is 0.354 e. The number of pyridine rings is 1. The number of rotatable bonds is 7. The summed E-state index contributed by atoms with van der Waals surface area (Å²) in [6.07, 6.45) is 3.65. The van der Waals surface area contributed by atoms with Gasteiger partial charge in [0, 0.05) is 26.3 Å². The number of carbonyl (C=O) groups is 2. The monoisotopic (exact) mass is 554 g/mol. The summed E-state index contributed by atoms with van der Waals surface area (Å²) in [6.45, 7) is 1.67. The first-order chi connectivity index (χ1) is 19.7. The Kier molecular flexibility index (Phi) is 6.39. The molecule has 1 atom stereocenters. The summed E-state index contributed by atoms with van der Waals surface area (Å²) in [5.74, 6) is -1.54. The molecule has 1 unspecified atom stereocenters. The Balaban J connectivity index is 1.32. The zero-order chi connectivity index (χ0) is 28.8. The standard InChI is InChI=1S/C29H26N6O6/c1-32-23(28(39)40)14-31-25(32)16-33-12-10-20(15-33)34-26-22(3-2-11-30-26)35(29(34)41)21-9-8-19(13-24(21)36)17-4-6-18(7-5-17)27(37)38/h2-9,11,13-14,20,36H,10,12,15-16H2,1H3,(H,37,38)(H,39,40). The van der Waals surface area contributed by atoms with Crippen LogP contribution >= 0.6 is 0 Å². The van der Waals surface area contributed by atoms with E-state index < -0.39 is 11.9 Å². The fourth-order valence-electron chi connectivity index (χ4n) is 5.47. The van der Waals surface area contributed by atoms with Crippen molar-refractivity contribution < 1.29 is 24.9 Å². The normalized spacial score (nSPS) is 15.5. The van der Waals surface area contributed by atoms with Crippen molar-refractivity contribution >= 4 is 23.1 Å². The first-order valence-corrected chi connectivity index (χ1v) is 12.9. The van der Waals surface area contributed by atoms with Gasteiger partial charge in [0.25, 0.3) is 0 Å². The van der Waals surface area contributed by atoms with Gasteiger partial charge in [-0.15, -0.1) is 0 Å². The van der Waals surface area contributed by atoms with Crippen LogP contribution < -0.4 is 5.69 Å². The molecule has 1 aliphatic rings. The summed E-state index contributed by atoms with van der Waals surface area (Å²) in [4.78, 5) is 47.3. The van der Waals surface area contributed by atoms with Gasteiger partial charge in [-0.25, -0.2) is 24.4 Å². The van der Waals surface area contributed by atoms with Crippen molar-refractivity contribution in [1.29, 1.82) is 0 Å². The van der Waals surface area contributed by atoms with Gasteiger partial charge in [-0.3, -0.25) is 14.0 Å². The first kappa shape index (κ1) is 26.0. The molecular formula is C29H26N6O6. The number of carboxylic acids is 2. The molecule has 0 aliphatic carbocycles. The van der Waals surface area contributed by atoms with E-state index in [9.17, 15) is 24.6 Å². The Morgan fingerprint density at radius 3 is 2.44 bits per heavy atom. The number of aromatic nitrogens is 5. The van der Waals surface area contributed by atoms with E-state index in [1.54, 1.807) is 64.8 Å². The minimum atomic E-state index is -1.04. The molecule has 0 spiro atoms. The molecule has 0 amide bonds. The van der Waals surface area contributed by atoms with Crippen molar-refractivity contribution in [2.24, 2.45) is 7.05 Å². The summed E-state index contributed by atoms with van der Waals surface area (Å²) < 4.78 is 4.67. The summed E-state index contributed by atoms with van der Waals surface area (Å²) in [5, 5.41) is 29.5. The number of aromatic hydroxyl groups is 1. The lowest BCUT2D eigenvalue weighted by Gasteiger charge is -2.16. The third-order valence-electron chi connectivity index (χ3n) is 7.60. The number of phenolic OH excluding ortho intramolecular Hbond substituents is 1. The lowest BCUT2D eigenvalue weighted by atomic mass is 10.0. The number of imidazole rings is 2. The zero-order valence-corrected chi connectivity index (χ0v) is 22.0. The van der Waals surface area contributed by atoms with Crippen molar-refractivity contribution in [3.63, 3.8) is 0 Å². The molecule has 0 radical (unpaired) electrons. The SMILES string of the molecule is Cn1c(C(=O)O)cnc1CN1CCC(n2c(=O)n(-c3ccc(-c4ccc(C(=O)O)cc4)cc3O)c3cccnc32)C1. The first-order valence-electron chi connectivity index (χ1n) is 12.9. The molecule has 0 bridgehead atoms. The van der Waals surface area contributed by atoms with E-state index in [4.69, 9.17) is 5.11 Å². The molecule has 2 aromatic carbocycles. The smallest absolute Gasteiger partial charge is 0.354 e. The van der Waals surface area contributed by atoms with E-state index in [1.165, 1.54) is 22.9 Å². The fourth-order valence-corrected chi connectivity index (χ4v) is 5.47. The molecule has 6 rings (SSSR count). The van der Waals surface area contributed by atoms with Crippen LogP contribution in [0.15, 0.2) is 71.8 Å². The highest BCUT2D eigenvalue weighted by Gasteiger charge is 2.30. The van der Waals surface area contributed by atoms with Crippen molar-refractivity contribution in [3.05, 3.63) is 94.6 Å². The topological polar surface area (TPSA) is 156 Å². The summed E-state index contributed by atoms with van der Waals surface area (Å²) in [5.41, 5.74) is 2.71. The number of hydrogen-bond acceptors (Lipinski definition) is 7. The van der Waals surface area contributed by atoms with Crippen molar-refractivity contribution in [2.45, 2.75) is 19.0 Å². The number of aromatic carboxylic acids is 2. The van der Waals surface area contributed by atoms with E-state index >= 15 is 0 Å². The van der Waals surface area contributed by atoms with Gasteiger partial charge < -0.3 is 19.9 Å². The maximum absolute atomic E-state index is 13.9. The van der Waals surface area contributed by atoms with Crippen LogP contribution in [0.2, 0.25) is 0 Å². The van der Waals surface area contributed by atoms with Gasteiger partial charge in [0.2, 0.25) is 0 Å². The van der Waals surface area contributed by atoms with Crippen molar-refractivity contribution in [1.82, 2.24) is 28.6 Å². The van der Waals surface area contributed by atoms with Crippen molar-refractivity contribution in [2.75, 3.05) is 13.1 Å². The minimum absolute atomic E-state index is 0.105. The second-order valence-electron chi connectivity index (χ2n) is 10.0. The van der Waals surface area contributed by atoms with Crippen LogP contribution in [-0.4, -0.2) is 68.9 Å². The molecule has 208 valence electrons. The van der Waals surface area contributed by atoms with Crippen LogP contribution in [0.4, 0.5) is 0 Å². The Morgan fingerprint density at radius 2 is 1.76 bits per heavy atom. The quantitative estimate of drug-likeness (QED) is 0.275. The molecule has 3 aromatic heterocycles. The lowest BCUT2D eigenvalue weighted by molar-refractivity contribution is 0.0679. The molecule has 5 aromatic rings. The van der Waals surface area contributed by atoms with Gasteiger partial charge in [0.15, 0.2) is 5.65 Å². The Morgan fingerprint density at radius 1 is 1.00 bits per heavy atom. The van der Waals surface area contributed by atoms with E-state index in [0.717, 1.165) is 5.56 Å². The molecule has 1 aliphatic heterocycles. The average molecular weight is 555 g/mol. The molecule has 0 saturated carbocycles. The third-order valence-corrected chi connectivity index (χ3v) is 7.60. The van der Waals surface area contributed by atoms with Gasteiger partial charge >= 0.3 is 17.6 Å². The number of carboxylic acid groups (broad SMARTS) is 2. The van der Waals surface area contributed by atoms with Gasteiger partial charge in [-0.05, 0) is 53.9 Å². The van der Waals surface area contributed by atoms with Crippen LogP contribution in [0.3, 0.4) is 0 Å². The Bertz CT molecular complexity index is 1870. The largest absolute Gasteiger partial charge is 0.506 e. The van der Waals surface area contributed by atoms with E-state index in [0.29, 0.717) is 54.3 Å². The minimum Gasteiger partial charge on any atom is -0.506 e. The third kappa shape index (κ3) is 4.53. The number of benzene rings is 2. The Hall–Kier alpha value is -5.23. The van der Waals surface area contributed by atoms with Gasteiger partial charge in [0.1, 0.15) is 17.3 Å². The number of fused-ring (bicyclic) bond motifs is 1. The molecule has 4 heterocycles. The molecule has 1 saturated heterocycles. The second kappa shape index (κ2) is 10.1. The maximum atomic E-state index is 13.9. The highest BCUT2D eigenvalue weighted by Crippen LogP contribution is 2.32. The number of nitrogens with zero attached hydrogens (tertiary/aromatic N) is 6. The van der Waals surface area contributed by atoms with Gasteiger partial charge in [-0.2, -0.15) is 0 Å². The lowest BCUT2D eigenvalue weighted by Crippen LogP contribution is -2.29. The van der Waals surface area contributed by atoms with Crippen LogP contribution in [0.25, 0.3) is 28.0 Å². The predicted octanol–water partition coefficient (Wildman–Crippen LogP) is 3.14. The number of hydrogen-bond donors (Lipinski definition) is 3. The van der Waals surface area contributed by atoms with Crippen molar-refractivity contribution in [3.8, 4) is 22.6 Å². The second-order valence-corrected chi connectivity index (χ2v) is 10.0. The van der Waals surface area contributed by atoms with E-state index in [1.807, 2.05) is 0 Å². The number of likely N-dealkylation sites (tertiary alicyclic amines) is 1. The molecule has 12 heteroatoms. The van der Waals surface area contributed by atoms with Gasteiger partial charge in [-0.1, -0.05) is 18.2 Å². The molecule has 1 fully saturated rings. The zero-order valence-electron chi connectivity index (χ0n) is 22.0. The summed E-state index contributed by atoms with van der Waals surface area (Å²) in [6, 6.07) is 14.6. The molecular weight excluding hydrogens is 528 g/mol. The highest BCUT2D eigenvalue weighted by atomic mass is 16.4. The van der Waals surface area contributed by atoms with Crippen LogP contribution in [-0.2, 0) is 13.6 Å². The predicted molar refractivity (Wildman–Crippen MR) is 148 cm³/mol. The summed E-state index contributed by atoms with van der Waals surface area (Å²) in [7, 11) is 1.67. The number of phenols is 1. The molecule has 3 N–H and O–H groups in total. The highest BCUT2D eigenvalue weighted by molar-refractivity contribution is 5.88. The molecule has 12 nitrogen and oxygen atoms in total. The average Bonchev–Trinajstić information content (AvgIpc) is 3.64. The fraction of sp³-hybridized carbons (Fsp3) is 0.207. The molecule has 41 heavy (non-hydrogen) atoms.